The van der Waals surface area contributed by atoms with Gasteiger partial charge in [0.05, 0.1) is 11.1 Å². The summed E-state index contributed by atoms with van der Waals surface area (Å²) in [4.78, 5) is 48.0. The number of hydrogen-bond donors (Lipinski definition) is 3. The quantitative estimate of drug-likeness (QED) is 0.298. The van der Waals surface area contributed by atoms with Crippen LogP contribution in [0.2, 0.25) is 0 Å². The topological polar surface area (TPSA) is 139 Å². The maximum Gasteiger partial charge on any atom is 0.417 e. The first-order valence-corrected chi connectivity index (χ1v) is 11.3. The predicted octanol–water partition coefficient (Wildman–Crippen LogP) is 3.67. The van der Waals surface area contributed by atoms with Crippen molar-refractivity contribution in [3.05, 3.63) is 118 Å². The number of aromatic nitrogens is 3. The van der Waals surface area contributed by atoms with Gasteiger partial charge in [-0.1, -0.05) is 36.4 Å². The zero-order valence-electron chi connectivity index (χ0n) is 19.4. The van der Waals surface area contributed by atoms with E-state index in [1.54, 1.807) is 42.5 Å². The smallest absolute Gasteiger partial charge is 0.417 e. The molecule has 3 aromatic heterocycles. The summed E-state index contributed by atoms with van der Waals surface area (Å²) in [5.74, 6) is -0.860. The van der Waals surface area contributed by atoms with Gasteiger partial charge in [0.15, 0.2) is 17.0 Å². The minimum atomic E-state index is -0.646. The van der Waals surface area contributed by atoms with E-state index in [1.165, 1.54) is 12.4 Å². The molecule has 0 aliphatic carbocycles. The van der Waals surface area contributed by atoms with Gasteiger partial charge in [0.2, 0.25) is 0 Å². The number of benzene rings is 2. The number of rotatable bonds is 8. The summed E-state index contributed by atoms with van der Waals surface area (Å²) in [5, 5.41) is 5.52. The summed E-state index contributed by atoms with van der Waals surface area (Å²) in [6.07, 6.45) is 3.05. The van der Waals surface area contributed by atoms with Gasteiger partial charge in [-0.2, -0.15) is 0 Å². The third kappa shape index (κ3) is 5.54. The Balaban J connectivity index is 1.24. The van der Waals surface area contributed by atoms with Crippen LogP contribution in [0.4, 0.5) is 5.82 Å². The number of nitrogens with zero attached hydrogens (tertiary/aromatic N) is 2. The molecule has 5 rings (SSSR count). The lowest BCUT2D eigenvalue weighted by molar-refractivity contribution is 0.0940. The van der Waals surface area contributed by atoms with Crippen LogP contribution in [-0.2, 0) is 13.2 Å². The molecule has 3 heterocycles. The van der Waals surface area contributed by atoms with Gasteiger partial charge in [-0.15, -0.1) is 0 Å². The average molecular weight is 495 g/mol. The Morgan fingerprint density at radius 3 is 2.62 bits per heavy atom. The maximum absolute atomic E-state index is 12.8. The van der Waals surface area contributed by atoms with Crippen LogP contribution in [0.5, 0.6) is 5.75 Å². The number of ether oxygens (including phenoxy) is 1. The van der Waals surface area contributed by atoms with Crippen molar-refractivity contribution in [2.45, 2.75) is 13.2 Å². The molecule has 0 saturated carbocycles. The van der Waals surface area contributed by atoms with Crippen molar-refractivity contribution in [1.29, 1.82) is 0 Å². The summed E-state index contributed by atoms with van der Waals surface area (Å²) in [6.45, 7) is 0.476. The number of hydrogen-bond acceptors (Lipinski definition) is 7. The molecular weight excluding hydrogens is 474 g/mol. The van der Waals surface area contributed by atoms with E-state index in [2.05, 4.69) is 25.6 Å². The van der Waals surface area contributed by atoms with Gasteiger partial charge in [-0.05, 0) is 47.5 Å². The number of H-pyrrole nitrogens is 1. The Labute approximate surface area is 210 Å². The average Bonchev–Trinajstić information content (AvgIpc) is 3.31. The minimum absolute atomic E-state index is 0.170. The Bertz CT molecular complexity index is 1630. The Kier molecular flexibility index (Phi) is 6.71. The van der Waals surface area contributed by atoms with E-state index in [0.29, 0.717) is 23.4 Å². The molecule has 0 atom stereocenters. The number of aromatic amines is 1. The molecule has 0 aliphatic rings. The number of carbonyl (C=O) groups is 2. The summed E-state index contributed by atoms with van der Waals surface area (Å²) in [6, 6.07) is 21.1. The fraction of sp³-hybridized carbons (Fsp3) is 0.0741. The first-order chi connectivity index (χ1) is 18.1. The summed E-state index contributed by atoms with van der Waals surface area (Å²) in [7, 11) is 0. The number of amides is 2. The van der Waals surface area contributed by atoms with Crippen molar-refractivity contribution in [3.63, 3.8) is 0 Å². The minimum Gasteiger partial charge on any atom is -0.486 e. The van der Waals surface area contributed by atoms with E-state index in [0.717, 1.165) is 5.56 Å². The van der Waals surface area contributed by atoms with Crippen molar-refractivity contribution in [1.82, 2.24) is 20.3 Å². The van der Waals surface area contributed by atoms with E-state index in [9.17, 15) is 14.4 Å². The monoisotopic (exact) mass is 495 g/mol. The fourth-order valence-electron chi connectivity index (χ4n) is 3.68. The van der Waals surface area contributed by atoms with Crippen LogP contribution in [0.1, 0.15) is 32.0 Å². The highest BCUT2D eigenvalue weighted by Gasteiger charge is 2.16. The van der Waals surface area contributed by atoms with Crippen molar-refractivity contribution in [2.75, 3.05) is 5.32 Å². The summed E-state index contributed by atoms with van der Waals surface area (Å²) >= 11 is 0. The number of anilines is 1. The van der Waals surface area contributed by atoms with Crippen molar-refractivity contribution in [3.8, 4) is 5.75 Å². The van der Waals surface area contributed by atoms with Crippen LogP contribution in [0, 0.1) is 0 Å². The van der Waals surface area contributed by atoms with E-state index >= 15 is 0 Å². The zero-order valence-corrected chi connectivity index (χ0v) is 19.4. The lowest BCUT2D eigenvalue weighted by atomic mass is 10.1. The van der Waals surface area contributed by atoms with E-state index < -0.39 is 17.6 Å². The third-order valence-corrected chi connectivity index (χ3v) is 5.44. The fourth-order valence-corrected chi connectivity index (χ4v) is 3.68. The molecule has 37 heavy (non-hydrogen) atoms. The molecular formula is C27H21N5O5. The molecule has 10 heteroatoms. The van der Waals surface area contributed by atoms with Crippen LogP contribution in [0.3, 0.4) is 0 Å². The molecule has 0 bridgehead atoms. The van der Waals surface area contributed by atoms with Crippen LogP contribution >= 0.6 is 0 Å². The summed E-state index contributed by atoms with van der Waals surface area (Å²) in [5.41, 5.74) is 2.67. The zero-order chi connectivity index (χ0) is 25.6. The van der Waals surface area contributed by atoms with Gasteiger partial charge >= 0.3 is 5.76 Å². The van der Waals surface area contributed by atoms with Crippen LogP contribution in [0.25, 0.3) is 11.1 Å². The van der Waals surface area contributed by atoms with Crippen LogP contribution in [0.15, 0.2) is 94.4 Å². The highest BCUT2D eigenvalue weighted by molar-refractivity contribution is 6.10. The van der Waals surface area contributed by atoms with Gasteiger partial charge in [0.1, 0.15) is 12.4 Å². The van der Waals surface area contributed by atoms with Gasteiger partial charge in [-0.25, -0.2) is 14.8 Å². The first kappa shape index (κ1) is 23.5. The van der Waals surface area contributed by atoms with Crippen molar-refractivity contribution < 1.29 is 18.7 Å². The molecule has 184 valence electrons. The number of para-hydroxylation sites is 1. The normalized spacial score (nSPS) is 10.7. The molecule has 5 aromatic rings. The van der Waals surface area contributed by atoms with Gasteiger partial charge < -0.3 is 19.8 Å². The van der Waals surface area contributed by atoms with Crippen LogP contribution in [-0.4, -0.2) is 26.8 Å². The third-order valence-electron chi connectivity index (χ3n) is 5.44. The number of oxazole rings is 1. The molecule has 10 nitrogen and oxygen atoms in total. The molecule has 3 N–H and O–H groups in total. The molecule has 0 radical (unpaired) electrons. The second kappa shape index (κ2) is 10.6. The predicted molar refractivity (Wildman–Crippen MR) is 135 cm³/mol. The maximum atomic E-state index is 12.8. The van der Waals surface area contributed by atoms with Crippen LogP contribution < -0.4 is 21.1 Å². The lowest BCUT2D eigenvalue weighted by Crippen LogP contribution is -2.24. The molecule has 0 fully saturated rings. The van der Waals surface area contributed by atoms with Gasteiger partial charge in [0.25, 0.3) is 11.8 Å². The highest BCUT2D eigenvalue weighted by atomic mass is 16.5. The Morgan fingerprint density at radius 1 is 0.892 bits per heavy atom. The Morgan fingerprint density at radius 2 is 1.76 bits per heavy atom. The summed E-state index contributed by atoms with van der Waals surface area (Å²) < 4.78 is 10.8. The van der Waals surface area contributed by atoms with Crippen molar-refractivity contribution in [2.24, 2.45) is 0 Å². The second-order valence-corrected chi connectivity index (χ2v) is 8.00. The van der Waals surface area contributed by atoms with Gasteiger partial charge in [-0.3, -0.25) is 14.6 Å². The highest BCUT2D eigenvalue weighted by Crippen LogP contribution is 2.19. The molecule has 0 saturated heterocycles. The number of fused-ring (bicyclic) bond motifs is 1. The van der Waals surface area contributed by atoms with E-state index in [-0.39, 0.29) is 29.2 Å². The SMILES string of the molecule is O=C(NCc1ccnc(NC(=O)c2cccc3oc(=O)[nH]c23)c1)c1ncccc1OCc1ccccc1. The number of carbonyl (C=O) groups excluding carboxylic acids is 2. The molecule has 0 aliphatic heterocycles. The standard InChI is InChI=1S/C27H21N5O5/c33-25(19-8-4-9-21-23(19)32-27(35)37-21)31-22-14-18(11-13-28-22)15-30-26(34)24-20(10-5-12-29-24)36-16-17-6-2-1-3-7-17/h1-14H,15-16H2,(H,30,34)(H,32,35)(H,28,31,33). The van der Waals surface area contributed by atoms with Gasteiger partial charge in [0, 0.05) is 18.9 Å². The van der Waals surface area contributed by atoms with Crippen molar-refractivity contribution >= 4 is 28.7 Å². The molecule has 0 spiro atoms. The number of nitrogens with one attached hydrogen (secondary N) is 3. The van der Waals surface area contributed by atoms with E-state index in [4.69, 9.17) is 9.15 Å². The largest absolute Gasteiger partial charge is 0.486 e. The molecule has 2 aromatic carbocycles. The first-order valence-electron chi connectivity index (χ1n) is 11.3. The molecule has 0 unspecified atom stereocenters. The second-order valence-electron chi connectivity index (χ2n) is 8.00. The van der Waals surface area contributed by atoms with E-state index in [1.807, 2.05) is 30.3 Å². The number of pyridine rings is 2. The molecule has 2 amide bonds. The lowest BCUT2D eigenvalue weighted by Gasteiger charge is -2.11. The Hall–Kier alpha value is -5.25.